The Morgan fingerprint density at radius 2 is 1.46 bits per heavy atom. The van der Waals surface area contributed by atoms with Crippen LogP contribution in [0.1, 0.15) is 36.8 Å². The van der Waals surface area contributed by atoms with E-state index >= 15 is 0 Å². The fourth-order valence-corrected chi connectivity index (χ4v) is 4.84. The molecule has 220 valence electrons. The molecule has 0 bridgehead atoms. The van der Waals surface area contributed by atoms with Crippen molar-refractivity contribution in [2.45, 2.75) is 62.7 Å². The number of nitrogens with zero attached hydrogens (tertiary/aromatic N) is 1. The Morgan fingerprint density at radius 1 is 0.878 bits per heavy atom. The van der Waals surface area contributed by atoms with E-state index in [1.807, 2.05) is 48.5 Å². The number of carboxylic acids is 1. The number of carbonyl (C=O) groups is 5. The zero-order valence-electron chi connectivity index (χ0n) is 22.8. The molecule has 12 heteroatoms. The minimum absolute atomic E-state index is 0.129. The summed E-state index contributed by atoms with van der Waals surface area (Å²) in [6, 6.07) is 13.5. The highest BCUT2D eigenvalue weighted by Gasteiger charge is 2.38. The lowest BCUT2D eigenvalue weighted by Gasteiger charge is -2.29. The van der Waals surface area contributed by atoms with Crippen LogP contribution in [0, 0.1) is 0 Å². The molecule has 0 unspecified atom stereocenters. The third-order valence-electron chi connectivity index (χ3n) is 6.96. The van der Waals surface area contributed by atoms with Crippen LogP contribution in [0.15, 0.2) is 60.7 Å². The van der Waals surface area contributed by atoms with Crippen molar-refractivity contribution in [2.75, 3.05) is 13.1 Å². The molecular weight excluding hydrogens is 528 g/mol. The number of primary amides is 1. The Morgan fingerprint density at radius 3 is 2.05 bits per heavy atom. The van der Waals surface area contributed by atoms with Gasteiger partial charge in [-0.25, -0.2) is 9.59 Å². The molecule has 2 aromatic carbocycles. The molecule has 4 atom stereocenters. The van der Waals surface area contributed by atoms with Gasteiger partial charge in [0.15, 0.2) is 0 Å². The number of rotatable bonds is 14. The van der Waals surface area contributed by atoms with E-state index in [1.54, 1.807) is 12.1 Å². The molecule has 0 aromatic heterocycles. The molecule has 12 nitrogen and oxygen atoms in total. The number of aliphatic carboxylic acids is 1. The summed E-state index contributed by atoms with van der Waals surface area (Å²) in [7, 11) is 0. The smallest absolute Gasteiger partial charge is 0.326 e. The summed E-state index contributed by atoms with van der Waals surface area (Å²) in [5.74, 6) is -2.77. The Balaban J connectivity index is 1.77. The van der Waals surface area contributed by atoms with E-state index in [0.717, 1.165) is 11.1 Å². The van der Waals surface area contributed by atoms with Gasteiger partial charge in [-0.2, -0.15) is 0 Å². The minimum atomic E-state index is -1.10. The van der Waals surface area contributed by atoms with E-state index in [0.29, 0.717) is 19.3 Å². The SMILES string of the molecule is NC(=O)NCCC[C@H](NC(=O)[C@@H](N)Cc1ccccc1)C(=O)N[C@@H](Cc1ccccc1)C(=O)N1CCC[C@H]1C(=O)O. The lowest BCUT2D eigenvalue weighted by Crippen LogP contribution is -2.57. The first-order chi connectivity index (χ1) is 19.7. The maximum atomic E-state index is 13.6. The lowest BCUT2D eigenvalue weighted by atomic mass is 10.0. The fourth-order valence-electron chi connectivity index (χ4n) is 4.84. The van der Waals surface area contributed by atoms with Crippen molar-refractivity contribution in [1.29, 1.82) is 0 Å². The van der Waals surface area contributed by atoms with Gasteiger partial charge in [-0.1, -0.05) is 60.7 Å². The Bertz CT molecular complexity index is 1190. The van der Waals surface area contributed by atoms with E-state index in [4.69, 9.17) is 11.5 Å². The van der Waals surface area contributed by atoms with Gasteiger partial charge in [0.1, 0.15) is 18.1 Å². The molecule has 5 amide bonds. The molecule has 1 saturated heterocycles. The van der Waals surface area contributed by atoms with Crippen LogP contribution in [0.2, 0.25) is 0 Å². The Kier molecular flexibility index (Phi) is 11.6. The molecule has 8 N–H and O–H groups in total. The second-order valence-corrected chi connectivity index (χ2v) is 10.1. The first kappa shape index (κ1) is 31.1. The van der Waals surface area contributed by atoms with Crippen LogP contribution in [0.3, 0.4) is 0 Å². The number of hydrogen-bond acceptors (Lipinski definition) is 6. The standard InChI is InChI=1S/C29H38N6O6/c30-21(17-19-9-3-1-4-10-19)25(36)33-22(13-7-15-32-29(31)41)26(37)34-23(18-20-11-5-2-6-12-20)27(38)35-16-8-14-24(35)28(39)40/h1-6,9-12,21-24H,7-8,13-18,30H2,(H,33,36)(H,34,37)(H,39,40)(H3,31,32,41)/t21-,22-,23-,24-/m0/s1. The summed E-state index contributed by atoms with van der Waals surface area (Å²) in [6.45, 7) is 0.440. The Hall–Kier alpha value is -4.45. The molecule has 0 spiro atoms. The molecule has 3 rings (SSSR count). The van der Waals surface area contributed by atoms with Crippen LogP contribution in [-0.2, 0) is 32.0 Å². The van der Waals surface area contributed by atoms with Crippen molar-refractivity contribution in [3.8, 4) is 0 Å². The number of likely N-dealkylation sites (tertiary alicyclic amines) is 1. The number of hydrogen-bond donors (Lipinski definition) is 6. The molecule has 1 fully saturated rings. The van der Waals surface area contributed by atoms with Crippen molar-refractivity contribution in [1.82, 2.24) is 20.9 Å². The molecule has 0 aliphatic carbocycles. The van der Waals surface area contributed by atoms with Crippen molar-refractivity contribution in [2.24, 2.45) is 11.5 Å². The largest absolute Gasteiger partial charge is 0.480 e. The number of nitrogens with one attached hydrogen (secondary N) is 3. The van der Waals surface area contributed by atoms with Gasteiger partial charge < -0.3 is 37.4 Å². The third kappa shape index (κ3) is 9.60. The predicted molar refractivity (Wildman–Crippen MR) is 151 cm³/mol. The molecule has 41 heavy (non-hydrogen) atoms. The van der Waals surface area contributed by atoms with Crippen LogP contribution in [0.5, 0.6) is 0 Å². The van der Waals surface area contributed by atoms with Gasteiger partial charge in [-0.05, 0) is 43.2 Å². The van der Waals surface area contributed by atoms with Crippen LogP contribution in [0.25, 0.3) is 0 Å². The van der Waals surface area contributed by atoms with Crippen LogP contribution in [-0.4, -0.2) is 77.0 Å². The number of nitrogens with two attached hydrogens (primary N) is 2. The van der Waals surface area contributed by atoms with E-state index in [2.05, 4.69) is 16.0 Å². The first-order valence-corrected chi connectivity index (χ1v) is 13.7. The quantitative estimate of drug-likeness (QED) is 0.177. The molecule has 2 aromatic rings. The van der Waals surface area contributed by atoms with Crippen LogP contribution >= 0.6 is 0 Å². The average Bonchev–Trinajstić information content (AvgIpc) is 3.45. The van der Waals surface area contributed by atoms with Gasteiger partial charge in [-0.15, -0.1) is 0 Å². The van der Waals surface area contributed by atoms with Gasteiger partial charge in [0.25, 0.3) is 0 Å². The molecule has 0 saturated carbocycles. The molecule has 0 radical (unpaired) electrons. The summed E-state index contributed by atoms with van der Waals surface area (Å²) >= 11 is 0. The fraction of sp³-hybridized carbons (Fsp3) is 0.414. The Labute approximate surface area is 238 Å². The summed E-state index contributed by atoms with van der Waals surface area (Å²) in [5.41, 5.74) is 12.9. The van der Waals surface area contributed by atoms with E-state index < -0.39 is 53.9 Å². The monoisotopic (exact) mass is 566 g/mol. The highest BCUT2D eigenvalue weighted by molar-refractivity contribution is 5.94. The van der Waals surface area contributed by atoms with Gasteiger partial charge in [0.05, 0.1) is 6.04 Å². The zero-order chi connectivity index (χ0) is 29.8. The minimum Gasteiger partial charge on any atom is -0.480 e. The highest BCUT2D eigenvalue weighted by Crippen LogP contribution is 2.20. The van der Waals surface area contributed by atoms with Crippen molar-refractivity contribution < 1.29 is 29.1 Å². The number of benzene rings is 2. The van der Waals surface area contributed by atoms with Crippen molar-refractivity contribution in [3.63, 3.8) is 0 Å². The average molecular weight is 567 g/mol. The van der Waals surface area contributed by atoms with Crippen molar-refractivity contribution >= 4 is 29.7 Å². The van der Waals surface area contributed by atoms with E-state index in [9.17, 15) is 29.1 Å². The number of carbonyl (C=O) groups excluding carboxylic acids is 4. The second-order valence-electron chi connectivity index (χ2n) is 10.1. The molecule has 1 heterocycles. The topological polar surface area (TPSA) is 197 Å². The van der Waals surface area contributed by atoms with Gasteiger partial charge >= 0.3 is 12.0 Å². The summed E-state index contributed by atoms with van der Waals surface area (Å²) in [5, 5.41) is 17.5. The van der Waals surface area contributed by atoms with Crippen LogP contribution in [0.4, 0.5) is 4.79 Å². The molecule has 1 aliphatic rings. The number of urea groups is 1. The van der Waals surface area contributed by atoms with E-state index in [-0.39, 0.29) is 32.4 Å². The second kappa shape index (κ2) is 15.4. The molecular formula is C29H38N6O6. The zero-order valence-corrected chi connectivity index (χ0v) is 22.8. The van der Waals surface area contributed by atoms with Gasteiger partial charge in [0.2, 0.25) is 17.7 Å². The number of amides is 5. The predicted octanol–water partition coefficient (Wildman–Crippen LogP) is 0.293. The first-order valence-electron chi connectivity index (χ1n) is 13.7. The maximum absolute atomic E-state index is 13.6. The molecule has 1 aliphatic heterocycles. The third-order valence-corrected chi connectivity index (χ3v) is 6.96. The highest BCUT2D eigenvalue weighted by atomic mass is 16.4. The van der Waals surface area contributed by atoms with Gasteiger partial charge in [0, 0.05) is 19.5 Å². The van der Waals surface area contributed by atoms with E-state index in [1.165, 1.54) is 4.90 Å². The van der Waals surface area contributed by atoms with Gasteiger partial charge in [-0.3, -0.25) is 14.4 Å². The number of carboxylic acid groups (broad SMARTS) is 1. The van der Waals surface area contributed by atoms with Crippen molar-refractivity contribution in [3.05, 3.63) is 71.8 Å². The summed E-state index contributed by atoms with van der Waals surface area (Å²) in [6.07, 6.45) is 1.69. The summed E-state index contributed by atoms with van der Waals surface area (Å²) in [4.78, 5) is 64.2. The summed E-state index contributed by atoms with van der Waals surface area (Å²) < 4.78 is 0. The maximum Gasteiger partial charge on any atom is 0.326 e. The van der Waals surface area contributed by atoms with Crippen LogP contribution < -0.4 is 27.4 Å². The normalized spacial score (nSPS) is 16.7. The lowest BCUT2D eigenvalue weighted by molar-refractivity contribution is -0.149.